The Morgan fingerprint density at radius 2 is 1.79 bits per heavy atom. The van der Waals surface area contributed by atoms with Crippen molar-refractivity contribution in [1.29, 1.82) is 0 Å². The molecule has 1 fully saturated rings. The van der Waals surface area contributed by atoms with Gasteiger partial charge in [-0.1, -0.05) is 39.6 Å². The second kappa shape index (κ2) is 11.6. The van der Waals surface area contributed by atoms with Gasteiger partial charge in [0.15, 0.2) is 22.5 Å². The second-order valence-corrected chi connectivity index (χ2v) is 13.0. The summed E-state index contributed by atoms with van der Waals surface area (Å²) >= 11 is 1.17. The number of halogens is 2. The van der Waals surface area contributed by atoms with Gasteiger partial charge in [0.05, 0.1) is 11.4 Å². The van der Waals surface area contributed by atoms with E-state index in [-0.39, 0.29) is 22.8 Å². The summed E-state index contributed by atoms with van der Waals surface area (Å²) in [5, 5.41) is 21.8. The number of carbonyl (C=O) groups is 1. The molecule has 1 aliphatic carbocycles. The predicted octanol–water partition coefficient (Wildman–Crippen LogP) is 6.73. The van der Waals surface area contributed by atoms with E-state index in [2.05, 4.69) is 4.98 Å². The molecule has 0 saturated heterocycles. The molecule has 1 unspecified atom stereocenters. The highest BCUT2D eigenvalue weighted by atomic mass is 32.2. The van der Waals surface area contributed by atoms with E-state index < -0.39 is 22.8 Å². The van der Waals surface area contributed by atoms with Gasteiger partial charge in [-0.3, -0.25) is 0 Å². The number of aromatic carboxylic acids is 1. The SMILES string of the molecule is Cc1cc(C)cc(-c2cc(-c3nn(-c4nc(C(=O)O)cs4)c(CC4CC4)c3Cc3ccc([SH+](N)=O)c(F)c3)ccc2F)c1. The molecule has 2 aromatic heterocycles. The number of hydrogen-bond donors (Lipinski definition) is 2. The topological polar surface area (TPSA) is 111 Å². The van der Waals surface area contributed by atoms with Crippen LogP contribution in [0.2, 0.25) is 0 Å². The quantitative estimate of drug-likeness (QED) is 0.140. The van der Waals surface area contributed by atoms with Crippen LogP contribution in [0.25, 0.3) is 27.5 Å². The van der Waals surface area contributed by atoms with Gasteiger partial charge < -0.3 is 5.11 Å². The average Bonchev–Trinajstić information content (AvgIpc) is 3.50. The van der Waals surface area contributed by atoms with Crippen molar-refractivity contribution >= 4 is 28.3 Å². The van der Waals surface area contributed by atoms with Gasteiger partial charge >= 0.3 is 5.97 Å². The summed E-state index contributed by atoms with van der Waals surface area (Å²) in [5.74, 6) is -1.72. The molecule has 220 valence electrons. The Kier molecular flexibility index (Phi) is 7.80. The molecule has 6 rings (SSSR count). The third-order valence-electron chi connectivity index (χ3n) is 7.56. The van der Waals surface area contributed by atoms with Crippen molar-refractivity contribution in [1.82, 2.24) is 14.8 Å². The molecule has 0 amide bonds. The Morgan fingerprint density at radius 3 is 2.42 bits per heavy atom. The average molecular weight is 620 g/mol. The van der Waals surface area contributed by atoms with E-state index in [9.17, 15) is 18.5 Å². The van der Waals surface area contributed by atoms with Gasteiger partial charge in [-0.25, -0.2) is 23.2 Å². The highest BCUT2D eigenvalue weighted by Gasteiger charge is 2.30. The number of nitrogens with two attached hydrogens (primary N) is 1. The fourth-order valence-corrected chi connectivity index (χ4v) is 6.66. The lowest BCUT2D eigenvalue weighted by molar-refractivity contribution is 0.0691. The first kappa shape index (κ1) is 29.0. The first-order chi connectivity index (χ1) is 20.6. The summed E-state index contributed by atoms with van der Waals surface area (Å²) in [4.78, 5) is 15.9. The van der Waals surface area contributed by atoms with Gasteiger partial charge in [0, 0.05) is 28.5 Å². The maximum Gasteiger partial charge on any atom is 0.355 e. The molecule has 11 heteroatoms. The van der Waals surface area contributed by atoms with E-state index in [1.54, 1.807) is 22.9 Å². The van der Waals surface area contributed by atoms with Crippen molar-refractivity contribution in [2.24, 2.45) is 11.1 Å². The highest BCUT2D eigenvalue weighted by Crippen LogP contribution is 2.39. The van der Waals surface area contributed by atoms with Crippen LogP contribution in [-0.4, -0.2) is 25.8 Å². The maximum atomic E-state index is 15.3. The van der Waals surface area contributed by atoms with Crippen LogP contribution in [0.15, 0.2) is 64.9 Å². The molecule has 0 bridgehead atoms. The highest BCUT2D eigenvalue weighted by molar-refractivity contribution is 7.82. The zero-order valence-electron chi connectivity index (χ0n) is 23.5. The van der Waals surface area contributed by atoms with Gasteiger partial charge in [0.25, 0.3) is 0 Å². The lowest BCUT2D eigenvalue weighted by Crippen LogP contribution is -2.07. The second-order valence-electron chi connectivity index (χ2n) is 11.0. The minimum absolute atomic E-state index is 0.0477. The molecule has 5 aromatic rings. The minimum Gasteiger partial charge on any atom is -0.476 e. The molecular formula is C32H29F2N4O3S2+. The van der Waals surface area contributed by atoms with Gasteiger partial charge in [-0.15, -0.1) is 16.5 Å². The molecule has 3 aromatic carbocycles. The number of thiazole rings is 1. The van der Waals surface area contributed by atoms with E-state index in [0.29, 0.717) is 39.9 Å². The van der Waals surface area contributed by atoms with Gasteiger partial charge in [0.1, 0.15) is 5.82 Å². The zero-order valence-corrected chi connectivity index (χ0v) is 25.2. The van der Waals surface area contributed by atoms with Crippen molar-refractivity contribution in [3.8, 4) is 27.5 Å². The van der Waals surface area contributed by atoms with Crippen LogP contribution in [0.3, 0.4) is 0 Å². The molecule has 3 N–H and O–H groups in total. The number of benzene rings is 3. The summed E-state index contributed by atoms with van der Waals surface area (Å²) < 4.78 is 43.6. The van der Waals surface area contributed by atoms with Gasteiger partial charge in [-0.2, -0.15) is 5.10 Å². The number of carboxylic acid groups (broad SMARTS) is 1. The number of carboxylic acids is 1. The van der Waals surface area contributed by atoms with E-state index in [4.69, 9.17) is 10.2 Å². The Bertz CT molecular complexity index is 1890. The molecule has 0 radical (unpaired) electrons. The third-order valence-corrected chi connectivity index (χ3v) is 9.22. The van der Waals surface area contributed by atoms with E-state index in [1.165, 1.54) is 34.9 Å². The largest absolute Gasteiger partial charge is 0.476 e. The lowest BCUT2D eigenvalue weighted by Gasteiger charge is -2.11. The number of hydrogen-bond acceptors (Lipinski definition) is 5. The van der Waals surface area contributed by atoms with Crippen molar-refractivity contribution < 1.29 is 22.9 Å². The normalized spacial score (nSPS) is 13.8. The number of aryl methyl sites for hydroxylation is 2. The molecule has 1 saturated carbocycles. The summed E-state index contributed by atoms with van der Waals surface area (Å²) in [6.07, 6.45) is 3.06. The van der Waals surface area contributed by atoms with Crippen molar-refractivity contribution in [3.05, 3.63) is 105 Å². The summed E-state index contributed by atoms with van der Waals surface area (Å²) in [6.45, 7) is 3.93. The Hall–Kier alpha value is -4.06. The van der Waals surface area contributed by atoms with Crippen LogP contribution < -0.4 is 5.14 Å². The van der Waals surface area contributed by atoms with Gasteiger partial charge in [0.2, 0.25) is 10.0 Å². The fourth-order valence-electron chi connectivity index (χ4n) is 5.39. The molecule has 1 aliphatic rings. The van der Waals surface area contributed by atoms with Crippen LogP contribution in [-0.2, 0) is 28.0 Å². The number of nitrogens with zero attached hydrogens (tertiary/aromatic N) is 3. The molecule has 2 heterocycles. The first-order valence-electron chi connectivity index (χ1n) is 13.8. The maximum absolute atomic E-state index is 15.3. The molecule has 7 nitrogen and oxygen atoms in total. The molecule has 1 atom stereocenters. The summed E-state index contributed by atoms with van der Waals surface area (Å²) in [6, 6.07) is 15.2. The minimum atomic E-state index is -2.34. The summed E-state index contributed by atoms with van der Waals surface area (Å²) in [7, 11) is -2.34. The van der Waals surface area contributed by atoms with Crippen LogP contribution in [0.5, 0.6) is 0 Å². The van der Waals surface area contributed by atoms with E-state index in [1.807, 2.05) is 32.0 Å². The lowest BCUT2D eigenvalue weighted by atomic mass is 9.94. The standard InChI is InChI=1S/C32H28F2N4O3S2/c1-17-9-18(2)11-22(10-17)23-15-21(6-7-25(23)33)30-24(12-20-5-8-29(43(35)41)26(34)13-20)28(14-19-3-4-19)38(37-30)32-36-27(16-42-32)31(39)40/h5-11,13,15-16,19H,3-4,12,14H2,1-2H3,(H2,35,41)(H,39,40)/p+1. The predicted molar refractivity (Wildman–Crippen MR) is 164 cm³/mol. The third kappa shape index (κ3) is 6.06. The Balaban J connectivity index is 1.55. The van der Waals surface area contributed by atoms with E-state index >= 15 is 4.39 Å². The first-order valence-corrected chi connectivity index (χ1v) is 16.0. The van der Waals surface area contributed by atoms with Crippen LogP contribution >= 0.6 is 11.3 Å². The molecule has 0 spiro atoms. The Labute approximate surface area is 253 Å². The number of aromatic nitrogens is 3. The Morgan fingerprint density at radius 1 is 1.05 bits per heavy atom. The number of thiol groups is 1. The van der Waals surface area contributed by atoms with Crippen LogP contribution in [0.1, 0.15) is 51.3 Å². The molecule has 43 heavy (non-hydrogen) atoms. The summed E-state index contributed by atoms with van der Waals surface area (Å²) in [5.41, 5.74) is 6.63. The van der Waals surface area contributed by atoms with Crippen molar-refractivity contribution in [2.75, 3.05) is 0 Å². The van der Waals surface area contributed by atoms with Crippen molar-refractivity contribution in [3.63, 3.8) is 0 Å². The van der Waals surface area contributed by atoms with Crippen molar-refractivity contribution in [2.45, 2.75) is 44.4 Å². The van der Waals surface area contributed by atoms with Crippen LogP contribution in [0, 0.1) is 31.4 Å². The number of rotatable bonds is 9. The van der Waals surface area contributed by atoms with Crippen LogP contribution in [0.4, 0.5) is 8.78 Å². The molecular weight excluding hydrogens is 591 g/mol. The monoisotopic (exact) mass is 619 g/mol. The zero-order chi connectivity index (χ0) is 30.4. The fraction of sp³-hybridized carbons (Fsp3) is 0.219. The smallest absolute Gasteiger partial charge is 0.355 e. The molecule has 0 aliphatic heterocycles. The van der Waals surface area contributed by atoms with Gasteiger partial charge in [-0.05, 0) is 80.5 Å². The van der Waals surface area contributed by atoms with E-state index in [0.717, 1.165) is 40.8 Å².